The van der Waals surface area contributed by atoms with Gasteiger partial charge in [0.15, 0.2) is 11.5 Å². The van der Waals surface area contributed by atoms with Crippen LogP contribution in [0, 0.1) is 0 Å². The van der Waals surface area contributed by atoms with E-state index in [1.54, 1.807) is 19.1 Å². The number of anilines is 1. The molecule has 2 aromatic rings. The fourth-order valence-electron chi connectivity index (χ4n) is 3.66. The molecule has 1 unspecified atom stereocenters. The van der Waals surface area contributed by atoms with Gasteiger partial charge in [0.05, 0.1) is 25.9 Å². The van der Waals surface area contributed by atoms with Gasteiger partial charge in [-0.3, -0.25) is 4.79 Å². The lowest BCUT2D eigenvalue weighted by atomic mass is 10.0. The number of rotatable bonds is 11. The molecule has 0 bridgehead atoms. The zero-order chi connectivity index (χ0) is 21.3. The van der Waals surface area contributed by atoms with Crippen molar-refractivity contribution in [1.29, 1.82) is 0 Å². The van der Waals surface area contributed by atoms with Crippen molar-refractivity contribution in [2.75, 3.05) is 39.3 Å². The summed E-state index contributed by atoms with van der Waals surface area (Å²) in [6.45, 7) is 3.81. The second kappa shape index (κ2) is 10.9. The number of unbranched alkanes of at least 4 members (excludes halogenated alkanes) is 3. The van der Waals surface area contributed by atoms with Gasteiger partial charge in [0.25, 0.3) is 5.91 Å². The van der Waals surface area contributed by atoms with Gasteiger partial charge in [-0.1, -0.05) is 44.4 Å². The molecular weight excluding hydrogens is 380 g/mol. The molecule has 1 heterocycles. The summed E-state index contributed by atoms with van der Waals surface area (Å²) in [5.74, 6) is 1.38. The lowest BCUT2D eigenvalue weighted by Gasteiger charge is -2.38. The number of hydrogen-bond donors (Lipinski definition) is 1. The molecule has 0 saturated heterocycles. The van der Waals surface area contributed by atoms with Crippen LogP contribution in [0.3, 0.4) is 0 Å². The van der Waals surface area contributed by atoms with Crippen LogP contribution in [0.1, 0.15) is 54.7 Å². The highest BCUT2D eigenvalue weighted by Crippen LogP contribution is 2.36. The van der Waals surface area contributed by atoms with E-state index in [1.165, 1.54) is 19.3 Å². The number of carbonyl (C=O) groups excluding carboxylic acids is 1. The largest absolute Gasteiger partial charge is 0.493 e. The number of ether oxygens (including phenoxy) is 3. The van der Waals surface area contributed by atoms with Crippen LogP contribution in [0.25, 0.3) is 0 Å². The number of para-hydroxylation sites is 1. The molecule has 1 N–H and O–H groups in total. The lowest BCUT2D eigenvalue weighted by molar-refractivity contribution is 0.0609. The third-order valence-electron chi connectivity index (χ3n) is 5.32. The topological polar surface area (TPSA) is 60.0 Å². The van der Waals surface area contributed by atoms with E-state index in [2.05, 4.69) is 12.2 Å². The Kier molecular flexibility index (Phi) is 7.97. The van der Waals surface area contributed by atoms with Crippen LogP contribution in [0.2, 0.25) is 0 Å². The molecular formula is C24H32N2O4. The van der Waals surface area contributed by atoms with Gasteiger partial charge in [-0.05, 0) is 36.2 Å². The number of methoxy groups -OCH3 is 2. The van der Waals surface area contributed by atoms with Gasteiger partial charge >= 0.3 is 0 Å². The highest BCUT2D eigenvalue weighted by atomic mass is 16.5. The quantitative estimate of drug-likeness (QED) is 0.534. The maximum atomic E-state index is 13.1. The van der Waals surface area contributed by atoms with E-state index in [-0.39, 0.29) is 12.1 Å². The second-order valence-corrected chi connectivity index (χ2v) is 7.40. The minimum Gasteiger partial charge on any atom is -0.493 e. The van der Waals surface area contributed by atoms with Crippen LogP contribution < -0.4 is 14.8 Å². The summed E-state index contributed by atoms with van der Waals surface area (Å²) in [5, 5.41) is 3.49. The molecule has 0 radical (unpaired) electrons. The summed E-state index contributed by atoms with van der Waals surface area (Å²) in [7, 11) is 3.28. The van der Waals surface area contributed by atoms with E-state index in [0.29, 0.717) is 31.1 Å². The Labute approximate surface area is 179 Å². The minimum absolute atomic E-state index is 0.0124. The monoisotopic (exact) mass is 412 g/mol. The van der Waals surface area contributed by atoms with Crippen LogP contribution in [-0.2, 0) is 4.74 Å². The van der Waals surface area contributed by atoms with Gasteiger partial charge in [0, 0.05) is 19.3 Å². The van der Waals surface area contributed by atoms with Crippen molar-refractivity contribution in [2.24, 2.45) is 0 Å². The van der Waals surface area contributed by atoms with Crippen molar-refractivity contribution in [3.63, 3.8) is 0 Å². The lowest BCUT2D eigenvalue weighted by Crippen LogP contribution is -2.44. The van der Waals surface area contributed by atoms with Crippen LogP contribution in [0.4, 0.5) is 5.69 Å². The highest BCUT2D eigenvalue weighted by Gasteiger charge is 2.32. The molecule has 0 aliphatic carbocycles. The molecule has 6 nitrogen and oxygen atoms in total. The molecule has 0 fully saturated rings. The Bertz CT molecular complexity index is 840. The van der Waals surface area contributed by atoms with Gasteiger partial charge in [-0.2, -0.15) is 0 Å². The molecule has 0 spiro atoms. The Hall–Kier alpha value is -2.73. The molecule has 6 heteroatoms. The van der Waals surface area contributed by atoms with Crippen molar-refractivity contribution < 1.29 is 19.0 Å². The average molecular weight is 413 g/mol. The van der Waals surface area contributed by atoms with Crippen molar-refractivity contribution >= 4 is 11.6 Å². The third-order valence-corrected chi connectivity index (χ3v) is 5.32. The van der Waals surface area contributed by atoms with E-state index in [9.17, 15) is 4.79 Å². The van der Waals surface area contributed by atoms with Gasteiger partial charge in [-0.25, -0.2) is 0 Å². The van der Waals surface area contributed by atoms with Gasteiger partial charge in [0.1, 0.15) is 6.17 Å². The number of fused-ring (bicyclic) bond motifs is 1. The van der Waals surface area contributed by atoms with Crippen LogP contribution in [0.5, 0.6) is 11.5 Å². The van der Waals surface area contributed by atoms with Crippen molar-refractivity contribution in [1.82, 2.24) is 4.90 Å². The normalized spacial score (nSPS) is 15.5. The molecule has 0 aromatic heterocycles. The first-order chi connectivity index (χ1) is 14.7. The first-order valence-corrected chi connectivity index (χ1v) is 10.7. The van der Waals surface area contributed by atoms with Gasteiger partial charge in [0.2, 0.25) is 0 Å². The average Bonchev–Trinajstić information content (AvgIpc) is 2.78. The highest BCUT2D eigenvalue weighted by molar-refractivity contribution is 6.01. The zero-order valence-electron chi connectivity index (χ0n) is 18.1. The van der Waals surface area contributed by atoms with Crippen LogP contribution in [-0.4, -0.2) is 44.8 Å². The first kappa shape index (κ1) is 22.0. The summed E-state index contributed by atoms with van der Waals surface area (Å²) in [6, 6.07) is 13.4. The predicted octanol–water partition coefficient (Wildman–Crippen LogP) is 4.87. The fraction of sp³-hybridized carbons (Fsp3) is 0.458. The molecule has 1 atom stereocenters. The number of carbonyl (C=O) groups is 1. The van der Waals surface area contributed by atoms with E-state index in [0.717, 1.165) is 23.4 Å². The number of benzene rings is 2. The predicted molar refractivity (Wildman–Crippen MR) is 118 cm³/mol. The maximum Gasteiger partial charge on any atom is 0.257 e. The second-order valence-electron chi connectivity index (χ2n) is 7.40. The third kappa shape index (κ3) is 5.05. The molecule has 1 aliphatic heterocycles. The Morgan fingerprint density at radius 2 is 1.83 bits per heavy atom. The van der Waals surface area contributed by atoms with Crippen molar-refractivity contribution in [2.45, 2.75) is 38.8 Å². The van der Waals surface area contributed by atoms with Crippen LogP contribution >= 0.6 is 0 Å². The zero-order valence-corrected chi connectivity index (χ0v) is 18.1. The summed E-state index contributed by atoms with van der Waals surface area (Å²) >= 11 is 0. The summed E-state index contributed by atoms with van der Waals surface area (Å²) < 4.78 is 16.8. The summed E-state index contributed by atoms with van der Waals surface area (Å²) in [5.41, 5.74) is 2.43. The smallest absolute Gasteiger partial charge is 0.257 e. The SMILES string of the molecule is CCCCCCOc1ccc(C2Nc3ccccc3C(=O)N2CCOC)cc1OC. The van der Waals surface area contributed by atoms with E-state index >= 15 is 0 Å². The first-order valence-electron chi connectivity index (χ1n) is 10.7. The molecule has 3 rings (SSSR count). The fourth-order valence-corrected chi connectivity index (χ4v) is 3.66. The maximum absolute atomic E-state index is 13.1. The molecule has 30 heavy (non-hydrogen) atoms. The number of amides is 1. The van der Waals surface area contributed by atoms with Crippen molar-refractivity contribution in [3.8, 4) is 11.5 Å². The Morgan fingerprint density at radius 1 is 1.00 bits per heavy atom. The number of nitrogens with zero attached hydrogens (tertiary/aromatic N) is 1. The number of hydrogen-bond acceptors (Lipinski definition) is 5. The minimum atomic E-state index is -0.310. The summed E-state index contributed by atoms with van der Waals surface area (Å²) in [4.78, 5) is 14.9. The standard InChI is InChI=1S/C24H32N2O4/c1-4-5-6-9-15-30-21-13-12-18(17-22(21)29-3)23-25-20-11-8-7-10-19(20)24(27)26(23)14-16-28-2/h7-8,10-13,17,23,25H,4-6,9,14-16H2,1-3H3. The number of nitrogens with one attached hydrogen (secondary N) is 1. The Balaban J connectivity index is 1.82. The molecule has 1 amide bonds. The van der Waals surface area contributed by atoms with Crippen molar-refractivity contribution in [3.05, 3.63) is 53.6 Å². The Morgan fingerprint density at radius 3 is 2.60 bits per heavy atom. The molecule has 0 saturated carbocycles. The van der Waals surface area contributed by atoms with E-state index < -0.39 is 0 Å². The van der Waals surface area contributed by atoms with E-state index in [1.807, 2.05) is 42.5 Å². The molecule has 162 valence electrons. The molecule has 1 aliphatic rings. The van der Waals surface area contributed by atoms with Gasteiger partial charge < -0.3 is 24.4 Å². The summed E-state index contributed by atoms with van der Waals surface area (Å²) in [6.07, 6.45) is 4.31. The van der Waals surface area contributed by atoms with Gasteiger partial charge in [-0.15, -0.1) is 0 Å². The van der Waals surface area contributed by atoms with E-state index in [4.69, 9.17) is 14.2 Å². The van der Waals surface area contributed by atoms with Crippen LogP contribution in [0.15, 0.2) is 42.5 Å². The molecule has 2 aromatic carbocycles.